The van der Waals surface area contributed by atoms with Crippen molar-refractivity contribution in [3.63, 3.8) is 0 Å². The summed E-state index contributed by atoms with van der Waals surface area (Å²) < 4.78 is 5.90. The highest BCUT2D eigenvalue weighted by Crippen LogP contribution is 2.29. The van der Waals surface area contributed by atoms with Gasteiger partial charge in [-0.2, -0.15) is 0 Å². The van der Waals surface area contributed by atoms with Crippen molar-refractivity contribution in [1.29, 1.82) is 0 Å². The largest absolute Gasteiger partial charge is 0.371 e. The topological polar surface area (TPSA) is 24.5 Å². The Labute approximate surface area is 93.2 Å². The molecule has 0 amide bonds. The van der Waals surface area contributed by atoms with Crippen LogP contribution in [0, 0.1) is 5.92 Å². The SMILES string of the molecule is CCN(CCOC1(C)CNC1)CC1CC1. The highest BCUT2D eigenvalue weighted by Gasteiger charge is 2.32. The lowest BCUT2D eigenvalue weighted by atomic mass is 10.0. The molecule has 15 heavy (non-hydrogen) atoms. The van der Waals surface area contributed by atoms with E-state index in [1.54, 1.807) is 0 Å². The third-order valence-electron chi connectivity index (χ3n) is 3.52. The van der Waals surface area contributed by atoms with Crippen molar-refractivity contribution in [2.24, 2.45) is 5.92 Å². The van der Waals surface area contributed by atoms with Crippen LogP contribution in [0.25, 0.3) is 0 Å². The van der Waals surface area contributed by atoms with Gasteiger partial charge in [-0.05, 0) is 32.2 Å². The van der Waals surface area contributed by atoms with Crippen LogP contribution < -0.4 is 5.32 Å². The van der Waals surface area contributed by atoms with Gasteiger partial charge in [-0.3, -0.25) is 0 Å². The molecule has 1 heterocycles. The van der Waals surface area contributed by atoms with Gasteiger partial charge in [0.05, 0.1) is 12.2 Å². The van der Waals surface area contributed by atoms with Crippen LogP contribution in [0.3, 0.4) is 0 Å². The molecule has 2 rings (SSSR count). The summed E-state index contributed by atoms with van der Waals surface area (Å²) >= 11 is 0. The zero-order chi connectivity index (χ0) is 10.7. The Morgan fingerprint density at radius 3 is 2.60 bits per heavy atom. The Morgan fingerprint density at radius 2 is 2.13 bits per heavy atom. The van der Waals surface area contributed by atoms with Crippen LogP contribution in [0.2, 0.25) is 0 Å². The molecular formula is C12H24N2O. The Morgan fingerprint density at radius 1 is 1.40 bits per heavy atom. The molecule has 0 aromatic rings. The smallest absolute Gasteiger partial charge is 0.0902 e. The van der Waals surface area contributed by atoms with E-state index in [0.717, 1.165) is 38.7 Å². The summed E-state index contributed by atoms with van der Waals surface area (Å²) in [4.78, 5) is 2.52. The minimum absolute atomic E-state index is 0.124. The van der Waals surface area contributed by atoms with Crippen molar-refractivity contribution in [1.82, 2.24) is 10.2 Å². The number of ether oxygens (including phenoxy) is 1. The minimum Gasteiger partial charge on any atom is -0.371 e. The molecule has 0 radical (unpaired) electrons. The predicted octanol–water partition coefficient (Wildman–Crippen LogP) is 1.10. The molecule has 1 saturated heterocycles. The van der Waals surface area contributed by atoms with E-state index in [2.05, 4.69) is 24.1 Å². The molecule has 0 spiro atoms. The summed E-state index contributed by atoms with van der Waals surface area (Å²) in [6.45, 7) is 10.9. The first-order chi connectivity index (χ1) is 7.22. The summed E-state index contributed by atoms with van der Waals surface area (Å²) in [5.74, 6) is 0.992. The summed E-state index contributed by atoms with van der Waals surface area (Å²) in [5.41, 5.74) is 0.124. The fourth-order valence-electron chi connectivity index (χ4n) is 2.04. The molecule has 0 aromatic heterocycles. The third kappa shape index (κ3) is 3.44. The molecule has 0 bridgehead atoms. The number of nitrogens with one attached hydrogen (secondary N) is 1. The predicted molar refractivity (Wildman–Crippen MR) is 62.1 cm³/mol. The first-order valence-electron chi connectivity index (χ1n) is 6.29. The zero-order valence-corrected chi connectivity index (χ0v) is 10.1. The van der Waals surface area contributed by atoms with Crippen molar-refractivity contribution >= 4 is 0 Å². The standard InChI is InChI=1S/C12H24N2O/c1-3-14(8-11-4-5-11)6-7-15-12(2)9-13-10-12/h11,13H,3-10H2,1-2H3. The van der Waals surface area contributed by atoms with E-state index in [9.17, 15) is 0 Å². The second-order valence-electron chi connectivity index (χ2n) is 5.24. The van der Waals surface area contributed by atoms with Gasteiger partial charge in [0.15, 0.2) is 0 Å². The minimum atomic E-state index is 0.124. The monoisotopic (exact) mass is 212 g/mol. The average Bonchev–Trinajstić information content (AvgIpc) is 2.97. The molecule has 0 atom stereocenters. The van der Waals surface area contributed by atoms with Gasteiger partial charge in [0.25, 0.3) is 0 Å². The highest BCUT2D eigenvalue weighted by atomic mass is 16.5. The second-order valence-corrected chi connectivity index (χ2v) is 5.24. The maximum Gasteiger partial charge on any atom is 0.0902 e. The quantitative estimate of drug-likeness (QED) is 0.684. The van der Waals surface area contributed by atoms with Crippen molar-refractivity contribution < 1.29 is 4.74 Å². The lowest BCUT2D eigenvalue weighted by Gasteiger charge is -2.39. The number of nitrogens with zero attached hydrogens (tertiary/aromatic N) is 1. The van der Waals surface area contributed by atoms with E-state index in [1.165, 1.54) is 19.4 Å². The number of rotatable bonds is 7. The van der Waals surface area contributed by atoms with Crippen LogP contribution in [0.1, 0.15) is 26.7 Å². The molecule has 88 valence electrons. The van der Waals surface area contributed by atoms with Gasteiger partial charge in [-0.1, -0.05) is 6.92 Å². The number of hydrogen-bond acceptors (Lipinski definition) is 3. The summed E-state index contributed by atoms with van der Waals surface area (Å²) in [5, 5.41) is 3.26. The van der Waals surface area contributed by atoms with Gasteiger partial charge >= 0.3 is 0 Å². The maximum atomic E-state index is 5.90. The van der Waals surface area contributed by atoms with Gasteiger partial charge in [0.2, 0.25) is 0 Å². The fourth-order valence-corrected chi connectivity index (χ4v) is 2.04. The normalized spacial score (nSPS) is 24.2. The molecule has 0 unspecified atom stereocenters. The van der Waals surface area contributed by atoms with E-state index >= 15 is 0 Å². The first kappa shape index (κ1) is 11.4. The molecule has 0 aromatic carbocycles. The van der Waals surface area contributed by atoms with Crippen molar-refractivity contribution in [3.8, 4) is 0 Å². The first-order valence-corrected chi connectivity index (χ1v) is 6.29. The number of hydrogen-bond donors (Lipinski definition) is 1. The Hall–Kier alpha value is -0.120. The van der Waals surface area contributed by atoms with Crippen LogP contribution in [-0.2, 0) is 4.74 Å². The molecule has 3 nitrogen and oxygen atoms in total. The van der Waals surface area contributed by atoms with Crippen LogP contribution >= 0.6 is 0 Å². The third-order valence-corrected chi connectivity index (χ3v) is 3.52. The molecule has 1 N–H and O–H groups in total. The maximum absolute atomic E-state index is 5.90. The lowest BCUT2D eigenvalue weighted by molar-refractivity contribution is -0.0720. The summed E-state index contributed by atoms with van der Waals surface area (Å²) in [7, 11) is 0. The van der Waals surface area contributed by atoms with Crippen molar-refractivity contribution in [2.45, 2.75) is 32.3 Å². The second kappa shape index (κ2) is 4.81. The Kier molecular flexibility index (Phi) is 3.65. The van der Waals surface area contributed by atoms with E-state index in [-0.39, 0.29) is 5.60 Å². The molecule has 1 aliphatic heterocycles. The van der Waals surface area contributed by atoms with E-state index in [4.69, 9.17) is 4.74 Å². The molecule has 3 heteroatoms. The van der Waals surface area contributed by atoms with Gasteiger partial charge in [-0.25, -0.2) is 0 Å². The van der Waals surface area contributed by atoms with Gasteiger partial charge in [0, 0.05) is 26.2 Å². The Bertz CT molecular complexity index is 200. The fraction of sp³-hybridized carbons (Fsp3) is 1.00. The van der Waals surface area contributed by atoms with Gasteiger partial charge in [0.1, 0.15) is 0 Å². The zero-order valence-electron chi connectivity index (χ0n) is 10.1. The lowest BCUT2D eigenvalue weighted by Crippen LogP contribution is -2.59. The molecular weight excluding hydrogens is 188 g/mol. The Balaban J connectivity index is 1.58. The van der Waals surface area contributed by atoms with Crippen molar-refractivity contribution in [2.75, 3.05) is 39.3 Å². The van der Waals surface area contributed by atoms with Crippen LogP contribution in [0.5, 0.6) is 0 Å². The molecule has 1 aliphatic carbocycles. The summed E-state index contributed by atoms with van der Waals surface area (Å²) in [6, 6.07) is 0. The van der Waals surface area contributed by atoms with Crippen LogP contribution in [-0.4, -0.2) is 49.8 Å². The van der Waals surface area contributed by atoms with Crippen molar-refractivity contribution in [3.05, 3.63) is 0 Å². The van der Waals surface area contributed by atoms with Gasteiger partial charge in [-0.15, -0.1) is 0 Å². The van der Waals surface area contributed by atoms with E-state index in [1.807, 2.05) is 0 Å². The molecule has 1 saturated carbocycles. The van der Waals surface area contributed by atoms with Crippen LogP contribution in [0.15, 0.2) is 0 Å². The number of likely N-dealkylation sites (N-methyl/N-ethyl adjacent to an activating group) is 1. The van der Waals surface area contributed by atoms with Gasteiger partial charge < -0.3 is 15.0 Å². The van der Waals surface area contributed by atoms with Crippen LogP contribution in [0.4, 0.5) is 0 Å². The molecule has 2 fully saturated rings. The molecule has 2 aliphatic rings. The van der Waals surface area contributed by atoms with E-state index in [0.29, 0.717) is 0 Å². The summed E-state index contributed by atoms with van der Waals surface area (Å²) in [6.07, 6.45) is 2.89. The average molecular weight is 212 g/mol. The highest BCUT2D eigenvalue weighted by molar-refractivity contribution is 4.90. The van der Waals surface area contributed by atoms with E-state index < -0.39 is 0 Å².